The van der Waals surface area contributed by atoms with Gasteiger partial charge in [0, 0.05) is 36.3 Å². The molecule has 0 aromatic carbocycles. The Kier molecular flexibility index (Phi) is 2.83. The van der Waals surface area contributed by atoms with Crippen LogP contribution in [0.3, 0.4) is 0 Å². The predicted molar refractivity (Wildman–Crippen MR) is 58.7 cm³/mol. The fourth-order valence-electron chi connectivity index (χ4n) is 1.39. The topological polar surface area (TPSA) is 50.9 Å². The van der Waals surface area contributed by atoms with Gasteiger partial charge in [-0.2, -0.15) is 5.10 Å². The van der Waals surface area contributed by atoms with Gasteiger partial charge in [0.05, 0.1) is 17.3 Å². The Bertz CT molecular complexity index is 449. The van der Waals surface area contributed by atoms with Crippen molar-refractivity contribution in [3.8, 4) is 0 Å². The summed E-state index contributed by atoms with van der Waals surface area (Å²) >= 11 is 1.58. The Balaban J connectivity index is 2.06. The molecule has 0 fully saturated rings. The summed E-state index contributed by atoms with van der Waals surface area (Å²) in [7, 11) is 1.84. The minimum atomic E-state index is -0.510. The molecule has 0 aliphatic carbocycles. The third-order valence-electron chi connectivity index (χ3n) is 2.14. The van der Waals surface area contributed by atoms with E-state index >= 15 is 0 Å². The molecule has 5 heteroatoms. The molecule has 80 valence electrons. The van der Waals surface area contributed by atoms with Crippen LogP contribution in [0.15, 0.2) is 17.8 Å². The second kappa shape index (κ2) is 4.12. The van der Waals surface area contributed by atoms with Crippen LogP contribution in [-0.4, -0.2) is 19.9 Å². The summed E-state index contributed by atoms with van der Waals surface area (Å²) in [5, 5.41) is 16.9. The Morgan fingerprint density at radius 2 is 2.40 bits per heavy atom. The summed E-state index contributed by atoms with van der Waals surface area (Å²) < 4.78 is 1.69. The number of rotatable bonds is 3. The second-order valence-electron chi connectivity index (χ2n) is 3.55. The molecule has 4 nitrogen and oxygen atoms in total. The average molecular weight is 223 g/mol. The van der Waals surface area contributed by atoms with Crippen molar-refractivity contribution in [3.05, 3.63) is 34.0 Å². The quantitative estimate of drug-likeness (QED) is 0.857. The first-order chi connectivity index (χ1) is 7.15. The monoisotopic (exact) mass is 223 g/mol. The van der Waals surface area contributed by atoms with Crippen molar-refractivity contribution in [3.63, 3.8) is 0 Å². The van der Waals surface area contributed by atoms with Crippen molar-refractivity contribution in [2.75, 3.05) is 0 Å². The van der Waals surface area contributed by atoms with Crippen LogP contribution in [0.25, 0.3) is 0 Å². The van der Waals surface area contributed by atoms with Gasteiger partial charge in [-0.05, 0) is 6.92 Å². The van der Waals surface area contributed by atoms with E-state index in [0.29, 0.717) is 6.42 Å². The summed E-state index contributed by atoms with van der Waals surface area (Å²) in [4.78, 5) is 4.31. The molecule has 15 heavy (non-hydrogen) atoms. The maximum atomic E-state index is 9.91. The van der Waals surface area contributed by atoms with Gasteiger partial charge < -0.3 is 5.11 Å². The molecule has 2 aromatic rings. The normalized spacial score (nSPS) is 13.0. The molecule has 0 amide bonds. The fraction of sp³-hybridized carbons (Fsp3) is 0.400. The number of aliphatic hydroxyl groups is 1. The van der Waals surface area contributed by atoms with Crippen molar-refractivity contribution < 1.29 is 5.11 Å². The lowest BCUT2D eigenvalue weighted by Gasteiger charge is -2.04. The largest absolute Gasteiger partial charge is 0.388 e. The second-order valence-corrected chi connectivity index (χ2v) is 4.49. The van der Waals surface area contributed by atoms with Crippen molar-refractivity contribution in [1.29, 1.82) is 0 Å². The van der Waals surface area contributed by atoms with Gasteiger partial charge in [-0.1, -0.05) is 0 Å². The van der Waals surface area contributed by atoms with Crippen molar-refractivity contribution in [1.82, 2.24) is 14.8 Å². The molecule has 1 unspecified atom stereocenters. The van der Waals surface area contributed by atoms with Crippen LogP contribution in [-0.2, 0) is 13.5 Å². The van der Waals surface area contributed by atoms with Gasteiger partial charge in [-0.15, -0.1) is 11.3 Å². The van der Waals surface area contributed by atoms with Crippen LogP contribution in [0.4, 0.5) is 0 Å². The minimum Gasteiger partial charge on any atom is -0.388 e. The maximum Gasteiger partial charge on any atom is 0.0957 e. The highest BCUT2D eigenvalue weighted by Gasteiger charge is 2.12. The fourth-order valence-corrected chi connectivity index (χ4v) is 2.20. The summed E-state index contributed by atoms with van der Waals surface area (Å²) in [6.07, 6.45) is 3.56. The number of thiazole rings is 1. The van der Waals surface area contributed by atoms with Gasteiger partial charge in [0.25, 0.3) is 0 Å². The molecule has 2 aromatic heterocycles. The number of hydrogen-bond donors (Lipinski definition) is 1. The Hall–Kier alpha value is -1.20. The highest BCUT2D eigenvalue weighted by atomic mass is 32.1. The van der Waals surface area contributed by atoms with Gasteiger partial charge in [-0.3, -0.25) is 4.68 Å². The van der Waals surface area contributed by atoms with E-state index in [0.717, 1.165) is 16.3 Å². The minimum absolute atomic E-state index is 0.510. The first-order valence-corrected chi connectivity index (χ1v) is 5.61. The molecule has 2 heterocycles. The molecule has 0 spiro atoms. The van der Waals surface area contributed by atoms with Crippen LogP contribution >= 0.6 is 11.3 Å². The SMILES string of the molecule is Cc1csc(CC(O)c2cnn(C)c2)n1. The van der Waals surface area contributed by atoms with Crippen LogP contribution in [0.2, 0.25) is 0 Å². The molecule has 0 bridgehead atoms. The number of hydrogen-bond acceptors (Lipinski definition) is 4. The Morgan fingerprint density at radius 3 is 2.93 bits per heavy atom. The highest BCUT2D eigenvalue weighted by molar-refractivity contribution is 7.09. The molecule has 0 aliphatic heterocycles. The lowest BCUT2D eigenvalue weighted by atomic mass is 10.1. The van der Waals surface area contributed by atoms with Crippen LogP contribution in [0.5, 0.6) is 0 Å². The number of aliphatic hydroxyl groups excluding tert-OH is 1. The van der Waals surface area contributed by atoms with E-state index in [9.17, 15) is 5.11 Å². The molecule has 0 saturated carbocycles. The number of nitrogens with zero attached hydrogens (tertiary/aromatic N) is 3. The van der Waals surface area contributed by atoms with E-state index in [-0.39, 0.29) is 0 Å². The predicted octanol–water partition coefficient (Wildman–Crippen LogP) is 1.46. The van der Waals surface area contributed by atoms with Gasteiger partial charge in [0.2, 0.25) is 0 Å². The highest BCUT2D eigenvalue weighted by Crippen LogP contribution is 2.19. The molecule has 1 N–H and O–H groups in total. The van der Waals surface area contributed by atoms with E-state index < -0.39 is 6.10 Å². The van der Waals surface area contributed by atoms with Gasteiger partial charge in [0.15, 0.2) is 0 Å². The molecular weight excluding hydrogens is 210 g/mol. The molecule has 0 aliphatic rings. The third-order valence-corrected chi connectivity index (χ3v) is 3.13. The first kappa shape index (κ1) is 10.3. The van der Waals surface area contributed by atoms with Crippen LogP contribution < -0.4 is 0 Å². The van der Waals surface area contributed by atoms with Gasteiger partial charge >= 0.3 is 0 Å². The molecule has 1 atom stereocenters. The van der Waals surface area contributed by atoms with Crippen molar-refractivity contribution in [2.45, 2.75) is 19.4 Å². The lowest BCUT2D eigenvalue weighted by Crippen LogP contribution is -2.00. The third kappa shape index (κ3) is 2.43. The summed E-state index contributed by atoms with van der Waals surface area (Å²) in [5.74, 6) is 0. The maximum absolute atomic E-state index is 9.91. The summed E-state index contributed by atoms with van der Waals surface area (Å²) in [5.41, 5.74) is 1.85. The Labute approximate surface area is 92.2 Å². The summed E-state index contributed by atoms with van der Waals surface area (Å²) in [6.45, 7) is 1.95. The standard InChI is InChI=1S/C10H13N3OS/c1-7-6-15-10(12-7)3-9(14)8-4-11-13(2)5-8/h4-6,9,14H,3H2,1-2H3. The molecule has 0 radical (unpaired) electrons. The zero-order chi connectivity index (χ0) is 10.8. The zero-order valence-electron chi connectivity index (χ0n) is 8.71. The number of aryl methyl sites for hydroxylation is 2. The van der Waals surface area contributed by atoms with E-state index in [1.807, 2.05) is 25.5 Å². The molecule has 0 saturated heterocycles. The van der Waals surface area contributed by atoms with E-state index in [4.69, 9.17) is 0 Å². The average Bonchev–Trinajstić information content (AvgIpc) is 2.75. The van der Waals surface area contributed by atoms with E-state index in [1.165, 1.54) is 0 Å². The lowest BCUT2D eigenvalue weighted by molar-refractivity contribution is 0.178. The number of aromatic nitrogens is 3. The van der Waals surface area contributed by atoms with Crippen molar-refractivity contribution >= 4 is 11.3 Å². The Morgan fingerprint density at radius 1 is 1.60 bits per heavy atom. The zero-order valence-corrected chi connectivity index (χ0v) is 9.53. The molecular formula is C10H13N3OS. The summed E-state index contributed by atoms with van der Waals surface area (Å²) in [6, 6.07) is 0. The van der Waals surface area contributed by atoms with Gasteiger partial charge in [0.1, 0.15) is 0 Å². The van der Waals surface area contributed by atoms with Crippen LogP contribution in [0.1, 0.15) is 22.4 Å². The van der Waals surface area contributed by atoms with E-state index in [2.05, 4.69) is 10.1 Å². The smallest absolute Gasteiger partial charge is 0.0957 e. The molecule has 2 rings (SSSR count). The van der Waals surface area contributed by atoms with E-state index in [1.54, 1.807) is 22.2 Å². The van der Waals surface area contributed by atoms with Crippen molar-refractivity contribution in [2.24, 2.45) is 7.05 Å². The van der Waals surface area contributed by atoms with Crippen LogP contribution in [0, 0.1) is 6.92 Å². The first-order valence-electron chi connectivity index (χ1n) is 4.73. The van der Waals surface area contributed by atoms with Gasteiger partial charge in [-0.25, -0.2) is 4.98 Å².